The second-order valence-electron chi connectivity index (χ2n) is 4.70. The highest BCUT2D eigenvalue weighted by Crippen LogP contribution is 2.03. The molecule has 20 heavy (non-hydrogen) atoms. The number of hydrogen-bond donors (Lipinski definition) is 0. The highest BCUT2D eigenvalue weighted by atomic mass is 16.2. The van der Waals surface area contributed by atoms with E-state index in [0.29, 0.717) is 0 Å². The lowest BCUT2D eigenvalue weighted by molar-refractivity contribution is -0.119. The first-order valence-electron chi connectivity index (χ1n) is 6.37. The number of aromatic nitrogens is 2. The Bertz CT molecular complexity index is 729. The molecule has 0 spiro atoms. The molecule has 0 saturated carbocycles. The number of carbonyl (C=O) groups excluding carboxylic acids is 1. The van der Waals surface area contributed by atoms with Crippen LogP contribution in [0.2, 0.25) is 0 Å². The molecule has 2 aromatic rings. The van der Waals surface area contributed by atoms with Crippen molar-refractivity contribution in [2.45, 2.75) is 26.4 Å². The van der Waals surface area contributed by atoms with E-state index in [1.54, 1.807) is 6.92 Å². The van der Waals surface area contributed by atoms with Crippen LogP contribution in [0.4, 0.5) is 0 Å². The van der Waals surface area contributed by atoms with Gasteiger partial charge >= 0.3 is 5.69 Å². The van der Waals surface area contributed by atoms with Gasteiger partial charge in [0, 0.05) is 12.3 Å². The lowest BCUT2D eigenvalue weighted by Gasteiger charge is -2.14. The third kappa shape index (κ3) is 2.77. The smallest absolute Gasteiger partial charge is 0.298 e. The fourth-order valence-corrected chi connectivity index (χ4v) is 1.93. The Morgan fingerprint density at radius 3 is 2.40 bits per heavy atom. The summed E-state index contributed by atoms with van der Waals surface area (Å²) < 4.78 is 2.42. The van der Waals surface area contributed by atoms with Crippen LogP contribution >= 0.6 is 0 Å². The number of hydrogen-bond acceptors (Lipinski definition) is 3. The van der Waals surface area contributed by atoms with Crippen molar-refractivity contribution in [3.63, 3.8) is 0 Å². The van der Waals surface area contributed by atoms with Crippen LogP contribution < -0.4 is 11.2 Å². The Balaban J connectivity index is 2.48. The molecule has 0 bridgehead atoms. The topological polar surface area (TPSA) is 61.1 Å². The van der Waals surface area contributed by atoms with Crippen LogP contribution in [-0.2, 0) is 11.3 Å². The molecule has 104 valence electrons. The van der Waals surface area contributed by atoms with Gasteiger partial charge in [-0.25, -0.2) is 4.79 Å². The van der Waals surface area contributed by atoms with Gasteiger partial charge in [0.25, 0.3) is 5.56 Å². The van der Waals surface area contributed by atoms with Crippen molar-refractivity contribution in [1.29, 1.82) is 0 Å². The maximum absolute atomic E-state index is 12.3. The van der Waals surface area contributed by atoms with Gasteiger partial charge in [-0.1, -0.05) is 30.3 Å². The molecule has 0 fully saturated rings. The van der Waals surface area contributed by atoms with Crippen molar-refractivity contribution in [3.05, 3.63) is 69.0 Å². The van der Waals surface area contributed by atoms with Gasteiger partial charge in [-0.05, 0) is 19.4 Å². The monoisotopic (exact) mass is 272 g/mol. The maximum atomic E-state index is 12.3. The zero-order valence-corrected chi connectivity index (χ0v) is 11.4. The van der Waals surface area contributed by atoms with Crippen LogP contribution in [0, 0.1) is 0 Å². The zero-order valence-electron chi connectivity index (χ0n) is 11.4. The first-order chi connectivity index (χ1) is 9.50. The lowest BCUT2D eigenvalue weighted by atomic mass is 10.2. The Morgan fingerprint density at radius 2 is 1.80 bits per heavy atom. The molecule has 5 heteroatoms. The zero-order chi connectivity index (χ0) is 14.7. The first kappa shape index (κ1) is 14.0. The predicted molar refractivity (Wildman–Crippen MR) is 75.9 cm³/mol. The highest BCUT2D eigenvalue weighted by Gasteiger charge is 2.14. The van der Waals surface area contributed by atoms with Crippen molar-refractivity contribution in [1.82, 2.24) is 9.13 Å². The summed E-state index contributed by atoms with van der Waals surface area (Å²) in [5.41, 5.74) is 0.0230. The molecule has 1 atom stereocenters. The van der Waals surface area contributed by atoms with Gasteiger partial charge in [0.15, 0.2) is 5.78 Å². The summed E-state index contributed by atoms with van der Waals surface area (Å²) in [6, 6.07) is 9.98. The minimum Gasteiger partial charge on any atom is -0.298 e. The van der Waals surface area contributed by atoms with Crippen LogP contribution in [-0.4, -0.2) is 14.9 Å². The largest absolute Gasteiger partial charge is 0.331 e. The summed E-state index contributed by atoms with van der Waals surface area (Å²) in [6.07, 6.45) is 1.37. The van der Waals surface area contributed by atoms with Crippen molar-refractivity contribution in [3.8, 4) is 0 Å². The van der Waals surface area contributed by atoms with Gasteiger partial charge in [-0.15, -0.1) is 0 Å². The Morgan fingerprint density at radius 1 is 1.15 bits per heavy atom. The summed E-state index contributed by atoms with van der Waals surface area (Å²) in [7, 11) is 0. The molecule has 0 aliphatic rings. The van der Waals surface area contributed by atoms with E-state index in [1.165, 1.54) is 23.8 Å². The van der Waals surface area contributed by atoms with Gasteiger partial charge in [0.2, 0.25) is 0 Å². The quantitative estimate of drug-likeness (QED) is 0.840. The Hall–Kier alpha value is -2.43. The molecule has 0 saturated heterocycles. The van der Waals surface area contributed by atoms with E-state index < -0.39 is 11.7 Å². The predicted octanol–water partition coefficient (Wildman–Crippen LogP) is 1.21. The summed E-state index contributed by atoms with van der Waals surface area (Å²) in [6.45, 7) is 3.26. The van der Waals surface area contributed by atoms with Crippen molar-refractivity contribution in [2.24, 2.45) is 0 Å². The molecular weight excluding hydrogens is 256 g/mol. The molecule has 0 radical (unpaired) electrons. The van der Waals surface area contributed by atoms with Gasteiger partial charge in [0.05, 0.1) is 12.6 Å². The average molecular weight is 272 g/mol. The fourth-order valence-electron chi connectivity index (χ4n) is 1.93. The SMILES string of the molecule is CC(=O)C(C)n1ccc(=O)n(Cc2ccccc2)c1=O. The molecule has 0 aliphatic carbocycles. The fraction of sp³-hybridized carbons (Fsp3) is 0.267. The number of carbonyl (C=O) groups is 1. The second-order valence-corrected chi connectivity index (χ2v) is 4.70. The summed E-state index contributed by atoms with van der Waals surface area (Å²) in [5, 5.41) is 0. The van der Waals surface area contributed by atoms with Gasteiger partial charge in [-0.2, -0.15) is 0 Å². The minimum absolute atomic E-state index is 0.128. The maximum Gasteiger partial charge on any atom is 0.331 e. The Kier molecular flexibility index (Phi) is 3.98. The lowest BCUT2D eigenvalue weighted by Crippen LogP contribution is -2.41. The van der Waals surface area contributed by atoms with E-state index in [1.807, 2.05) is 30.3 Å². The van der Waals surface area contributed by atoms with Gasteiger partial charge in [-0.3, -0.25) is 18.7 Å². The molecule has 1 aromatic heterocycles. The highest BCUT2D eigenvalue weighted by molar-refractivity contribution is 5.79. The molecule has 5 nitrogen and oxygen atoms in total. The van der Waals surface area contributed by atoms with Crippen LogP contribution in [0.25, 0.3) is 0 Å². The molecule has 0 N–H and O–H groups in total. The van der Waals surface area contributed by atoms with E-state index in [4.69, 9.17) is 0 Å². The van der Waals surface area contributed by atoms with Gasteiger partial charge in [0.1, 0.15) is 0 Å². The van der Waals surface area contributed by atoms with Crippen LogP contribution in [0.15, 0.2) is 52.2 Å². The van der Waals surface area contributed by atoms with Crippen LogP contribution in [0.5, 0.6) is 0 Å². The Labute approximate surface area is 116 Å². The van der Waals surface area contributed by atoms with Crippen LogP contribution in [0.3, 0.4) is 0 Å². The van der Waals surface area contributed by atoms with Crippen LogP contribution in [0.1, 0.15) is 25.5 Å². The molecule has 1 unspecified atom stereocenters. The summed E-state index contributed by atoms with van der Waals surface area (Å²) in [4.78, 5) is 35.6. The summed E-state index contributed by atoms with van der Waals surface area (Å²) >= 11 is 0. The number of Topliss-reactive ketones (excluding diaryl/α,β-unsaturated/α-hetero) is 1. The van der Waals surface area contributed by atoms with E-state index in [-0.39, 0.29) is 17.9 Å². The number of benzene rings is 1. The normalized spacial score (nSPS) is 12.1. The molecule has 2 rings (SSSR count). The number of ketones is 1. The minimum atomic E-state index is -0.579. The van der Waals surface area contributed by atoms with E-state index in [0.717, 1.165) is 10.1 Å². The first-order valence-corrected chi connectivity index (χ1v) is 6.37. The standard InChI is InChI=1S/C15H16N2O3/c1-11(12(2)18)16-9-8-14(19)17(15(16)20)10-13-6-4-3-5-7-13/h3-9,11H,10H2,1-2H3. The van der Waals surface area contributed by atoms with E-state index >= 15 is 0 Å². The van der Waals surface area contributed by atoms with E-state index in [2.05, 4.69) is 0 Å². The third-order valence-electron chi connectivity index (χ3n) is 3.28. The number of rotatable bonds is 4. The van der Waals surface area contributed by atoms with Gasteiger partial charge < -0.3 is 0 Å². The molecular formula is C15H16N2O3. The third-order valence-corrected chi connectivity index (χ3v) is 3.28. The van der Waals surface area contributed by atoms with Crippen molar-refractivity contribution < 1.29 is 4.79 Å². The molecule has 0 amide bonds. The molecule has 0 aliphatic heterocycles. The second kappa shape index (κ2) is 5.69. The van der Waals surface area contributed by atoms with Crippen molar-refractivity contribution >= 4 is 5.78 Å². The average Bonchev–Trinajstić information content (AvgIpc) is 2.44. The van der Waals surface area contributed by atoms with E-state index in [9.17, 15) is 14.4 Å². The molecule has 1 heterocycles. The summed E-state index contributed by atoms with van der Waals surface area (Å²) in [5.74, 6) is -0.128. The van der Waals surface area contributed by atoms with Crippen molar-refractivity contribution in [2.75, 3.05) is 0 Å². The number of nitrogens with zero attached hydrogens (tertiary/aromatic N) is 2. The molecule has 1 aromatic carbocycles.